The third kappa shape index (κ3) is 4.11. The first-order valence-corrected chi connectivity index (χ1v) is 9.44. The minimum absolute atomic E-state index is 0.0498. The van der Waals surface area contributed by atoms with Gasteiger partial charge in [0.1, 0.15) is 10.7 Å². The normalized spacial score (nSPS) is 11.4. The second-order valence-corrected chi connectivity index (χ2v) is 7.55. The number of thiazole rings is 1. The van der Waals surface area contributed by atoms with Crippen molar-refractivity contribution < 1.29 is 9.18 Å². The van der Waals surface area contributed by atoms with Crippen molar-refractivity contribution in [3.63, 3.8) is 0 Å². The first kappa shape index (κ1) is 18.5. The number of amides is 1. The maximum absolute atomic E-state index is 13.1. The highest BCUT2D eigenvalue weighted by Gasteiger charge is 2.17. The summed E-state index contributed by atoms with van der Waals surface area (Å²) in [6, 6.07) is 6.26. The fraction of sp³-hybridized carbons (Fsp3) is 0.368. The second-order valence-electron chi connectivity index (χ2n) is 6.57. The van der Waals surface area contributed by atoms with Gasteiger partial charge in [0.05, 0.1) is 5.69 Å². The van der Waals surface area contributed by atoms with Crippen molar-refractivity contribution in [3.8, 4) is 11.3 Å². The van der Waals surface area contributed by atoms with Crippen LogP contribution in [0.5, 0.6) is 0 Å². The number of nitrogens with zero attached hydrogens (tertiary/aromatic N) is 3. The highest BCUT2D eigenvalue weighted by atomic mass is 32.1. The molecule has 26 heavy (non-hydrogen) atoms. The number of aromatic nitrogens is 2. The van der Waals surface area contributed by atoms with E-state index in [1.807, 2.05) is 31.6 Å². The van der Waals surface area contributed by atoms with Gasteiger partial charge in [-0.2, -0.15) is 0 Å². The molecule has 5 nitrogen and oxygen atoms in total. The quantitative estimate of drug-likeness (QED) is 0.643. The largest absolute Gasteiger partial charge is 0.351 e. The highest BCUT2D eigenvalue weighted by Crippen LogP contribution is 2.27. The zero-order valence-corrected chi connectivity index (χ0v) is 16.1. The molecule has 0 fully saturated rings. The lowest BCUT2D eigenvalue weighted by Gasteiger charge is -2.09. The van der Waals surface area contributed by atoms with E-state index in [9.17, 15) is 9.18 Å². The molecule has 0 aliphatic carbocycles. The number of rotatable bonds is 7. The van der Waals surface area contributed by atoms with E-state index in [4.69, 9.17) is 0 Å². The van der Waals surface area contributed by atoms with Crippen molar-refractivity contribution >= 4 is 22.2 Å². The number of aryl methyl sites for hydroxylation is 1. The summed E-state index contributed by atoms with van der Waals surface area (Å²) >= 11 is 1.38. The molecule has 3 rings (SSSR count). The molecule has 0 unspecified atom stereocenters. The monoisotopic (exact) mass is 374 g/mol. The van der Waals surface area contributed by atoms with Crippen molar-refractivity contribution in [2.45, 2.75) is 19.8 Å². The van der Waals surface area contributed by atoms with Crippen molar-refractivity contribution in [2.24, 2.45) is 0 Å². The summed E-state index contributed by atoms with van der Waals surface area (Å²) in [6.07, 6.45) is 3.91. The van der Waals surface area contributed by atoms with E-state index in [0.29, 0.717) is 11.4 Å². The molecule has 0 atom stereocenters. The number of unbranched alkanes of at least 4 members (excludes halogenated alkanes) is 1. The molecular formula is C19H23FN4OS. The number of carbonyl (C=O) groups excluding carboxylic acids is 1. The molecule has 0 saturated carbocycles. The van der Waals surface area contributed by atoms with Gasteiger partial charge in [-0.1, -0.05) is 11.3 Å². The fourth-order valence-electron chi connectivity index (χ4n) is 2.76. The summed E-state index contributed by atoms with van der Waals surface area (Å²) in [6.45, 7) is 3.61. The summed E-state index contributed by atoms with van der Waals surface area (Å²) in [5.41, 5.74) is 2.50. The number of imidazole rings is 1. The van der Waals surface area contributed by atoms with E-state index in [1.54, 1.807) is 12.1 Å². The van der Waals surface area contributed by atoms with Gasteiger partial charge in [0.25, 0.3) is 5.91 Å². The Balaban J connectivity index is 1.69. The van der Waals surface area contributed by atoms with Gasteiger partial charge in [-0.15, -0.1) is 0 Å². The molecule has 0 radical (unpaired) electrons. The molecule has 2 aromatic heterocycles. The Bertz CT molecular complexity index is 898. The number of nitrogens with one attached hydrogen (secondary N) is 1. The average Bonchev–Trinajstić information content (AvgIpc) is 3.14. The Kier molecular flexibility index (Phi) is 5.68. The molecule has 0 saturated heterocycles. The van der Waals surface area contributed by atoms with Gasteiger partial charge < -0.3 is 10.2 Å². The molecule has 1 aromatic carbocycles. The van der Waals surface area contributed by atoms with E-state index in [0.717, 1.165) is 41.3 Å². The SMILES string of the molecule is Cc1c(C(=O)NCCCCN(C)C)sc2nc(-c3ccc(F)cc3)cn12. The number of carbonyl (C=O) groups is 1. The summed E-state index contributed by atoms with van der Waals surface area (Å²) < 4.78 is 15.0. The van der Waals surface area contributed by atoms with Crippen LogP contribution in [0.3, 0.4) is 0 Å². The number of hydrogen-bond donors (Lipinski definition) is 1. The molecular weight excluding hydrogens is 351 g/mol. The van der Waals surface area contributed by atoms with Crippen molar-refractivity contribution in [1.82, 2.24) is 19.6 Å². The summed E-state index contributed by atoms with van der Waals surface area (Å²) in [4.78, 5) is 20.6. The van der Waals surface area contributed by atoms with Gasteiger partial charge in [-0.3, -0.25) is 9.20 Å². The van der Waals surface area contributed by atoms with E-state index in [2.05, 4.69) is 15.2 Å². The predicted molar refractivity (Wildman–Crippen MR) is 103 cm³/mol. The van der Waals surface area contributed by atoms with Gasteiger partial charge in [-0.25, -0.2) is 9.37 Å². The van der Waals surface area contributed by atoms with E-state index >= 15 is 0 Å². The minimum Gasteiger partial charge on any atom is -0.351 e. The van der Waals surface area contributed by atoms with Crippen LogP contribution in [-0.4, -0.2) is 47.4 Å². The molecule has 0 aliphatic heterocycles. The van der Waals surface area contributed by atoms with E-state index in [1.165, 1.54) is 23.5 Å². The van der Waals surface area contributed by atoms with Crippen molar-refractivity contribution in [2.75, 3.05) is 27.2 Å². The maximum Gasteiger partial charge on any atom is 0.263 e. The Morgan fingerprint density at radius 3 is 2.65 bits per heavy atom. The topological polar surface area (TPSA) is 49.6 Å². The molecule has 0 spiro atoms. The number of hydrogen-bond acceptors (Lipinski definition) is 4. The first-order valence-electron chi connectivity index (χ1n) is 8.63. The van der Waals surface area contributed by atoms with Crippen LogP contribution in [0, 0.1) is 12.7 Å². The molecule has 7 heteroatoms. The molecule has 1 amide bonds. The minimum atomic E-state index is -0.268. The lowest BCUT2D eigenvalue weighted by molar-refractivity contribution is 0.0956. The number of benzene rings is 1. The Hall–Kier alpha value is -2.25. The van der Waals surface area contributed by atoms with Crippen LogP contribution in [0.1, 0.15) is 28.2 Å². The van der Waals surface area contributed by atoms with Crippen molar-refractivity contribution in [3.05, 3.63) is 46.9 Å². The molecule has 1 N–H and O–H groups in total. The Morgan fingerprint density at radius 1 is 1.27 bits per heavy atom. The van der Waals surface area contributed by atoms with Gasteiger partial charge in [0.2, 0.25) is 0 Å². The lowest BCUT2D eigenvalue weighted by Crippen LogP contribution is -2.25. The van der Waals surface area contributed by atoms with Crippen LogP contribution in [-0.2, 0) is 0 Å². The van der Waals surface area contributed by atoms with Crippen LogP contribution in [0.25, 0.3) is 16.2 Å². The van der Waals surface area contributed by atoms with Gasteiger partial charge >= 0.3 is 0 Å². The van der Waals surface area contributed by atoms with Gasteiger partial charge in [0.15, 0.2) is 4.96 Å². The highest BCUT2D eigenvalue weighted by molar-refractivity contribution is 7.19. The zero-order valence-electron chi connectivity index (χ0n) is 15.3. The predicted octanol–water partition coefficient (Wildman–Crippen LogP) is 3.58. The molecule has 138 valence electrons. The smallest absolute Gasteiger partial charge is 0.263 e. The second kappa shape index (κ2) is 7.97. The van der Waals surface area contributed by atoms with Crippen LogP contribution in [0.2, 0.25) is 0 Å². The Labute approximate surface area is 156 Å². The number of fused-ring (bicyclic) bond motifs is 1. The summed E-state index contributed by atoms with van der Waals surface area (Å²) in [5.74, 6) is -0.318. The maximum atomic E-state index is 13.1. The molecule has 0 bridgehead atoms. The van der Waals surface area contributed by atoms with E-state index in [-0.39, 0.29) is 11.7 Å². The summed E-state index contributed by atoms with van der Waals surface area (Å²) in [7, 11) is 4.09. The van der Waals surface area contributed by atoms with Crippen LogP contribution in [0.4, 0.5) is 4.39 Å². The van der Waals surface area contributed by atoms with Crippen LogP contribution >= 0.6 is 11.3 Å². The van der Waals surface area contributed by atoms with E-state index < -0.39 is 0 Å². The molecule has 3 aromatic rings. The van der Waals surface area contributed by atoms with Crippen molar-refractivity contribution in [1.29, 1.82) is 0 Å². The lowest BCUT2D eigenvalue weighted by atomic mass is 10.2. The fourth-order valence-corrected chi connectivity index (χ4v) is 3.78. The summed E-state index contributed by atoms with van der Waals surface area (Å²) in [5, 5.41) is 2.99. The van der Waals surface area contributed by atoms with Crippen LogP contribution in [0.15, 0.2) is 30.5 Å². The van der Waals surface area contributed by atoms with Crippen LogP contribution < -0.4 is 5.32 Å². The van der Waals surface area contributed by atoms with Gasteiger partial charge in [0, 0.05) is 24.0 Å². The molecule has 0 aliphatic rings. The average molecular weight is 374 g/mol. The number of halogens is 1. The molecule has 2 heterocycles. The standard InChI is InChI=1S/C19H23FN4OS/c1-13-17(18(25)21-10-4-5-11-23(2)3)26-19-22-16(12-24(13)19)14-6-8-15(20)9-7-14/h6-9,12H,4-5,10-11H2,1-3H3,(H,21,25). The third-order valence-corrected chi connectivity index (χ3v) is 5.38. The Morgan fingerprint density at radius 2 is 2.00 bits per heavy atom. The zero-order chi connectivity index (χ0) is 18.7. The third-order valence-electron chi connectivity index (χ3n) is 4.22. The van der Waals surface area contributed by atoms with Gasteiger partial charge in [-0.05, 0) is 64.7 Å². The first-order chi connectivity index (χ1) is 12.5.